The van der Waals surface area contributed by atoms with Crippen molar-refractivity contribution in [2.45, 2.75) is 78.6 Å². The number of halogens is 1. The molecule has 66 heavy (non-hydrogen) atoms. The fourth-order valence-electron chi connectivity index (χ4n) is 9.02. The Balaban J connectivity index is 0.000000201. The van der Waals surface area contributed by atoms with E-state index in [1.165, 1.54) is 48.6 Å². The number of pyridine rings is 2. The van der Waals surface area contributed by atoms with Crippen LogP contribution in [0.3, 0.4) is 0 Å². The molecule has 1 unspecified atom stereocenters. The zero-order valence-electron chi connectivity index (χ0n) is 42.3. The van der Waals surface area contributed by atoms with Crippen molar-refractivity contribution in [1.82, 2.24) is 9.97 Å². The van der Waals surface area contributed by atoms with E-state index in [0.29, 0.717) is 5.69 Å². The first kappa shape index (κ1) is 40.5. The Morgan fingerprint density at radius 2 is 1.52 bits per heavy atom. The summed E-state index contributed by atoms with van der Waals surface area (Å²) in [6.07, 6.45) is 1.49. The quantitative estimate of drug-likeness (QED) is 0.0980. The SMILES string of the molecule is CC(C)(C)c1ccc(N2c3ccc4ccccc4c3[N-]C2c2[c-]ccc3c2sc2nc4c(ccc5ccccc54)cc23)cc1.[2H]C([2H])([2H])c1c[c-]c(-c2cc(C([2H])(C)C)c([Si](C)(C)C)cn2)c(F)c1.[Ir+3]. The van der Waals surface area contributed by atoms with E-state index in [2.05, 4.69) is 178 Å². The van der Waals surface area contributed by atoms with Gasteiger partial charge in [-0.1, -0.05) is 162 Å². The second kappa shape index (κ2) is 17.5. The van der Waals surface area contributed by atoms with Crippen LogP contribution in [0.5, 0.6) is 0 Å². The van der Waals surface area contributed by atoms with Gasteiger partial charge in [-0.2, -0.15) is 29.5 Å². The summed E-state index contributed by atoms with van der Waals surface area (Å²) < 4.78 is 46.2. The number of nitrogens with zero attached hydrogens (tertiary/aromatic N) is 4. The van der Waals surface area contributed by atoms with E-state index < -0.39 is 26.6 Å². The molecule has 4 heterocycles. The molecule has 0 bridgehead atoms. The summed E-state index contributed by atoms with van der Waals surface area (Å²) in [6, 6.07) is 51.9. The van der Waals surface area contributed by atoms with E-state index in [1.54, 1.807) is 37.4 Å². The van der Waals surface area contributed by atoms with Crippen LogP contribution >= 0.6 is 11.3 Å². The molecule has 0 spiro atoms. The molecule has 0 saturated heterocycles. The molecule has 4 nitrogen and oxygen atoms in total. The summed E-state index contributed by atoms with van der Waals surface area (Å²) >= 11 is 1.75. The van der Waals surface area contributed by atoms with E-state index in [9.17, 15) is 4.39 Å². The van der Waals surface area contributed by atoms with E-state index in [0.717, 1.165) is 55.2 Å². The summed E-state index contributed by atoms with van der Waals surface area (Å²) in [5.74, 6) is -1.52. The van der Waals surface area contributed by atoms with Crippen LogP contribution in [0.2, 0.25) is 19.6 Å². The van der Waals surface area contributed by atoms with Crippen molar-refractivity contribution in [3.8, 4) is 11.3 Å². The maximum absolute atomic E-state index is 14.5. The summed E-state index contributed by atoms with van der Waals surface area (Å²) in [5.41, 5.74) is 8.05. The van der Waals surface area contributed by atoms with Gasteiger partial charge in [-0.25, -0.2) is 4.98 Å². The molecule has 3 aromatic heterocycles. The Kier molecular flexibility index (Phi) is 10.7. The molecule has 1 aliphatic rings. The molecule has 7 aromatic carbocycles. The third-order valence-electron chi connectivity index (χ3n) is 12.4. The first-order chi connectivity index (χ1) is 32.6. The van der Waals surface area contributed by atoms with Crippen LogP contribution in [0, 0.1) is 24.8 Å². The molecule has 330 valence electrons. The second-order valence-corrected chi connectivity index (χ2v) is 25.3. The van der Waals surface area contributed by atoms with Crippen molar-refractivity contribution >= 4 is 94.4 Å². The molecule has 8 heteroatoms. The van der Waals surface area contributed by atoms with Gasteiger partial charge in [0.05, 0.1) is 13.6 Å². The first-order valence-corrected chi connectivity index (χ1v) is 26.4. The smallest absolute Gasteiger partial charge is 0.661 e. The van der Waals surface area contributed by atoms with Gasteiger partial charge in [0.15, 0.2) is 0 Å². The third-order valence-corrected chi connectivity index (χ3v) is 15.6. The largest absolute Gasteiger partial charge is 3.00 e. The molecule has 0 aliphatic carbocycles. The predicted octanol–water partition coefficient (Wildman–Crippen LogP) is 16.5. The van der Waals surface area contributed by atoms with Gasteiger partial charge in [0.25, 0.3) is 0 Å². The molecule has 1 atom stereocenters. The maximum Gasteiger partial charge on any atom is 3.00 e. The fourth-order valence-corrected chi connectivity index (χ4v) is 11.8. The topological polar surface area (TPSA) is 43.1 Å². The number of aromatic nitrogens is 2. The monoisotopic (exact) mass is 1080 g/mol. The number of benzene rings is 7. The molecular weight excluding hydrogens is 1020 g/mol. The molecule has 0 radical (unpaired) electrons. The van der Waals surface area contributed by atoms with Crippen molar-refractivity contribution in [2.75, 3.05) is 4.90 Å². The maximum atomic E-state index is 14.5. The Labute approximate surface area is 411 Å². The van der Waals surface area contributed by atoms with Gasteiger partial charge in [0, 0.05) is 39.6 Å². The van der Waals surface area contributed by atoms with Crippen LogP contribution in [-0.2, 0) is 25.5 Å². The molecule has 1 aliphatic heterocycles. The van der Waals surface area contributed by atoms with E-state index in [1.807, 2.05) is 0 Å². The van der Waals surface area contributed by atoms with Crippen LogP contribution in [0.15, 0.2) is 140 Å². The number of rotatable bonds is 5. The molecule has 10 aromatic rings. The Morgan fingerprint density at radius 1 is 0.818 bits per heavy atom. The van der Waals surface area contributed by atoms with Gasteiger partial charge in [-0.15, -0.1) is 40.4 Å². The minimum absolute atomic E-state index is 0. The minimum atomic E-state index is -2.38. The number of hydrogen-bond donors (Lipinski definition) is 0. The number of anilines is 2. The van der Waals surface area contributed by atoms with Crippen LogP contribution in [0.25, 0.3) is 69.3 Å². The van der Waals surface area contributed by atoms with Crippen LogP contribution < -0.4 is 10.1 Å². The summed E-state index contributed by atoms with van der Waals surface area (Å²) in [7, 11) is -1.72. The summed E-state index contributed by atoms with van der Waals surface area (Å²) in [4.78, 5) is 13.1. The van der Waals surface area contributed by atoms with Gasteiger partial charge < -0.3 is 15.2 Å². The summed E-state index contributed by atoms with van der Waals surface area (Å²) in [6.45, 7) is 14.5. The van der Waals surface area contributed by atoms with Crippen molar-refractivity contribution in [2.24, 2.45) is 0 Å². The zero-order valence-corrected chi connectivity index (χ0v) is 42.5. The van der Waals surface area contributed by atoms with Crippen molar-refractivity contribution < 1.29 is 30.0 Å². The van der Waals surface area contributed by atoms with Crippen LogP contribution in [0.1, 0.15) is 74.4 Å². The van der Waals surface area contributed by atoms with Gasteiger partial charge in [-0.3, -0.25) is 4.39 Å². The van der Waals surface area contributed by atoms with Gasteiger partial charge >= 0.3 is 20.1 Å². The Hall–Kier alpha value is -5.76. The van der Waals surface area contributed by atoms with E-state index >= 15 is 0 Å². The van der Waals surface area contributed by atoms with Crippen LogP contribution in [-0.4, -0.2) is 18.0 Å². The molecule has 0 saturated carbocycles. The number of fused-ring (bicyclic) bond motifs is 9. The number of aryl methyl sites for hydroxylation is 1. The van der Waals surface area contributed by atoms with Crippen molar-refractivity contribution in [3.05, 3.63) is 185 Å². The molecule has 0 N–H and O–H groups in total. The number of thiophene rings is 1. The first-order valence-electron chi connectivity index (χ1n) is 24.1. The molecule has 0 amide bonds. The minimum Gasteiger partial charge on any atom is -0.661 e. The van der Waals surface area contributed by atoms with Gasteiger partial charge in [-0.05, 0) is 79.7 Å². The zero-order chi connectivity index (χ0) is 48.8. The second-order valence-electron chi connectivity index (χ2n) is 19.2. The van der Waals surface area contributed by atoms with E-state index in [-0.39, 0.29) is 42.8 Å². The average molecular weight is 1080 g/mol. The average Bonchev–Trinajstić information content (AvgIpc) is 3.88. The number of hydrogen-bond acceptors (Lipinski definition) is 4. The van der Waals surface area contributed by atoms with Crippen molar-refractivity contribution in [3.63, 3.8) is 0 Å². The molecule has 0 fully saturated rings. The van der Waals surface area contributed by atoms with Crippen LogP contribution in [0.4, 0.5) is 21.5 Å². The van der Waals surface area contributed by atoms with Gasteiger partial charge in [0.1, 0.15) is 4.83 Å². The Morgan fingerprint density at radius 3 is 2.21 bits per heavy atom. The Bertz CT molecular complexity index is 3630. The third kappa shape index (κ3) is 8.23. The normalized spacial score (nSPS) is 15.1. The standard InChI is InChI=1S/C40H29N3S.C18H23FNSi.Ir/c1-40(2,3)27-18-20-28(21-19-27)43-34-22-17-25-10-5-7-12-30(25)36(34)41-38(43)32-14-8-13-31-33-23-26-16-15-24-9-4-6-11-29(24)35(26)42-39(33)44-37(31)32;1-12(2)15-10-17(20-11-18(15)21(4,5)6)14-8-7-13(3)9-16(14)19;/h4-13,15-23,38H,1-3H3;7,9-12H,1-6H3;/q-2;-1;+3/i;3D3,12D;. The van der Waals surface area contributed by atoms with Gasteiger partial charge in [0.2, 0.25) is 0 Å². The molecular formula is C58H52FIrN4SSi. The predicted molar refractivity (Wildman–Crippen MR) is 278 cm³/mol. The fraction of sp³-hybridized carbons (Fsp3) is 0.207. The van der Waals surface area contributed by atoms with Crippen molar-refractivity contribution in [1.29, 1.82) is 0 Å². The molecule has 11 rings (SSSR count). The summed E-state index contributed by atoms with van der Waals surface area (Å²) in [5, 5.41) is 14.9. The van der Waals surface area contributed by atoms with E-state index in [4.69, 9.17) is 15.8 Å².